The second-order valence-electron chi connectivity index (χ2n) is 5.65. The highest BCUT2D eigenvalue weighted by Gasteiger charge is 2.30. The molecule has 1 amide bonds. The summed E-state index contributed by atoms with van der Waals surface area (Å²) in [7, 11) is 2.06. The number of benzene rings is 2. The molecule has 0 heterocycles. The van der Waals surface area contributed by atoms with Gasteiger partial charge in [0.05, 0.1) is 24.8 Å². The summed E-state index contributed by atoms with van der Waals surface area (Å²) in [5.74, 6) is 0.401. The summed E-state index contributed by atoms with van der Waals surface area (Å²) >= 11 is 0. The monoisotopic (exact) mass is 378 g/mol. The van der Waals surface area contributed by atoms with Crippen molar-refractivity contribution in [2.45, 2.75) is 4.90 Å². The van der Waals surface area contributed by atoms with Gasteiger partial charge in [-0.05, 0) is 24.3 Å². The van der Waals surface area contributed by atoms with Crippen molar-refractivity contribution in [3.05, 3.63) is 48.5 Å². The molecule has 0 aliphatic carbocycles. The highest BCUT2D eigenvalue weighted by molar-refractivity contribution is 7.92. The van der Waals surface area contributed by atoms with E-state index in [0.29, 0.717) is 11.5 Å². The van der Waals surface area contributed by atoms with E-state index in [1.54, 1.807) is 44.4 Å². The van der Waals surface area contributed by atoms with E-state index in [0.717, 1.165) is 4.31 Å². The quantitative estimate of drug-likeness (QED) is 0.736. The Labute approximate surface area is 153 Å². The molecule has 0 saturated carbocycles. The Morgan fingerprint density at radius 3 is 2.19 bits per heavy atom. The molecule has 0 radical (unpaired) electrons. The maximum Gasteiger partial charge on any atom is 0.264 e. The van der Waals surface area contributed by atoms with Gasteiger partial charge in [0.25, 0.3) is 10.0 Å². The number of amides is 1. The third-order valence-electron chi connectivity index (χ3n) is 3.76. The Kier molecular flexibility index (Phi) is 6.10. The zero-order valence-corrected chi connectivity index (χ0v) is 16.0. The first-order valence-electron chi connectivity index (χ1n) is 7.81. The van der Waals surface area contributed by atoms with E-state index in [1.165, 1.54) is 37.3 Å². The number of anilines is 1. The second-order valence-corrected chi connectivity index (χ2v) is 7.51. The third-order valence-corrected chi connectivity index (χ3v) is 5.54. The molecule has 2 rings (SSSR count). The summed E-state index contributed by atoms with van der Waals surface area (Å²) in [5, 5.41) is 0. The van der Waals surface area contributed by atoms with Crippen LogP contribution in [0.4, 0.5) is 5.69 Å². The molecule has 0 aromatic heterocycles. The number of hydrogen-bond acceptors (Lipinski definition) is 5. The maximum absolute atomic E-state index is 13.2. The Morgan fingerprint density at radius 1 is 1.00 bits per heavy atom. The molecule has 0 N–H and O–H groups in total. The van der Waals surface area contributed by atoms with Crippen LogP contribution < -0.4 is 13.8 Å². The van der Waals surface area contributed by atoms with E-state index in [9.17, 15) is 13.2 Å². The van der Waals surface area contributed by atoms with Crippen LogP contribution in [0.15, 0.2) is 53.4 Å². The number of carbonyl (C=O) groups is 1. The normalized spacial score (nSPS) is 10.9. The van der Waals surface area contributed by atoms with E-state index in [1.807, 2.05) is 0 Å². The summed E-state index contributed by atoms with van der Waals surface area (Å²) in [4.78, 5) is 13.7. The minimum absolute atomic E-state index is 0.0800. The number of hydrogen-bond donors (Lipinski definition) is 0. The van der Waals surface area contributed by atoms with E-state index in [-0.39, 0.29) is 23.0 Å². The average molecular weight is 378 g/mol. The number of methoxy groups -OCH3 is 2. The fourth-order valence-corrected chi connectivity index (χ4v) is 3.71. The van der Waals surface area contributed by atoms with Crippen LogP contribution in [0, 0.1) is 0 Å². The van der Waals surface area contributed by atoms with E-state index < -0.39 is 10.0 Å². The van der Waals surface area contributed by atoms with Crippen LogP contribution in [-0.2, 0) is 14.8 Å². The van der Waals surface area contributed by atoms with Crippen LogP contribution in [0.5, 0.6) is 11.5 Å². The minimum atomic E-state index is -3.99. The molecule has 0 aliphatic heterocycles. The molecule has 8 heteroatoms. The van der Waals surface area contributed by atoms with Crippen LogP contribution in [0.1, 0.15) is 0 Å². The Morgan fingerprint density at radius 2 is 1.65 bits per heavy atom. The second kappa shape index (κ2) is 8.09. The zero-order valence-electron chi connectivity index (χ0n) is 15.2. The number of carbonyl (C=O) groups excluding carboxylic acids is 1. The lowest BCUT2D eigenvalue weighted by molar-refractivity contribution is -0.127. The predicted molar refractivity (Wildman–Crippen MR) is 99.2 cm³/mol. The summed E-state index contributed by atoms with van der Waals surface area (Å²) in [6.07, 6.45) is 0. The van der Waals surface area contributed by atoms with Gasteiger partial charge in [-0.25, -0.2) is 8.42 Å². The maximum atomic E-state index is 13.2. The molecular weight excluding hydrogens is 356 g/mol. The highest BCUT2D eigenvalue weighted by atomic mass is 32.2. The van der Waals surface area contributed by atoms with Gasteiger partial charge in [-0.15, -0.1) is 0 Å². The number of rotatable bonds is 7. The SMILES string of the molecule is COc1ccc(OC)c(N(CC(=O)N(C)C)S(=O)(=O)c2ccccc2)c1. The van der Waals surface area contributed by atoms with Crippen molar-refractivity contribution >= 4 is 21.6 Å². The van der Waals surface area contributed by atoms with Crippen molar-refractivity contribution < 1.29 is 22.7 Å². The molecule has 7 nitrogen and oxygen atoms in total. The Bertz CT molecular complexity index is 866. The van der Waals surface area contributed by atoms with E-state index >= 15 is 0 Å². The van der Waals surface area contributed by atoms with Crippen LogP contribution in [0.2, 0.25) is 0 Å². The van der Waals surface area contributed by atoms with Crippen molar-refractivity contribution in [2.24, 2.45) is 0 Å². The fraction of sp³-hybridized carbons (Fsp3) is 0.278. The lowest BCUT2D eigenvalue weighted by atomic mass is 10.2. The number of sulfonamides is 1. The lowest BCUT2D eigenvalue weighted by Gasteiger charge is -2.27. The molecular formula is C18H22N2O5S. The molecule has 0 bridgehead atoms. The third kappa shape index (κ3) is 4.08. The summed E-state index contributed by atoms with van der Waals surface area (Å²) in [6.45, 7) is -0.367. The van der Waals surface area contributed by atoms with Gasteiger partial charge in [-0.2, -0.15) is 0 Å². The number of nitrogens with zero attached hydrogens (tertiary/aromatic N) is 2. The summed E-state index contributed by atoms with van der Waals surface area (Å²) < 4.78 is 38.0. The highest BCUT2D eigenvalue weighted by Crippen LogP contribution is 2.35. The van der Waals surface area contributed by atoms with Gasteiger partial charge in [0.15, 0.2) is 0 Å². The van der Waals surface area contributed by atoms with E-state index in [2.05, 4.69) is 0 Å². The van der Waals surface area contributed by atoms with Crippen molar-refractivity contribution in [1.29, 1.82) is 0 Å². The average Bonchev–Trinajstić information content (AvgIpc) is 2.65. The standard InChI is InChI=1S/C18H22N2O5S/c1-19(2)18(21)13-20(26(22,23)15-8-6-5-7-9-15)16-12-14(24-3)10-11-17(16)25-4/h5-12H,13H2,1-4H3. The van der Waals surface area contributed by atoms with Gasteiger partial charge < -0.3 is 14.4 Å². The smallest absolute Gasteiger partial charge is 0.264 e. The topological polar surface area (TPSA) is 76.2 Å². The minimum Gasteiger partial charge on any atom is -0.497 e. The molecule has 0 fully saturated rings. The van der Waals surface area contributed by atoms with Crippen LogP contribution >= 0.6 is 0 Å². The van der Waals surface area contributed by atoms with Gasteiger partial charge in [0.2, 0.25) is 5.91 Å². The number of ether oxygens (including phenoxy) is 2. The first-order valence-corrected chi connectivity index (χ1v) is 9.25. The van der Waals surface area contributed by atoms with Crippen LogP contribution in [0.3, 0.4) is 0 Å². The largest absolute Gasteiger partial charge is 0.497 e. The van der Waals surface area contributed by atoms with Crippen molar-refractivity contribution in [3.63, 3.8) is 0 Å². The van der Waals surface area contributed by atoms with Crippen molar-refractivity contribution in [1.82, 2.24) is 4.90 Å². The van der Waals surface area contributed by atoms with Gasteiger partial charge in [-0.3, -0.25) is 9.10 Å². The number of likely N-dealkylation sites (N-methyl/N-ethyl adjacent to an activating group) is 1. The first-order chi connectivity index (χ1) is 12.3. The fourth-order valence-electron chi connectivity index (χ4n) is 2.28. The van der Waals surface area contributed by atoms with Crippen LogP contribution in [0.25, 0.3) is 0 Å². The zero-order chi connectivity index (χ0) is 19.3. The summed E-state index contributed by atoms with van der Waals surface area (Å²) in [6, 6.07) is 12.7. The Balaban J connectivity index is 2.64. The predicted octanol–water partition coefficient (Wildman–Crippen LogP) is 1.99. The van der Waals surface area contributed by atoms with Crippen molar-refractivity contribution in [2.75, 3.05) is 39.2 Å². The molecule has 2 aromatic carbocycles. The molecule has 26 heavy (non-hydrogen) atoms. The molecule has 0 spiro atoms. The van der Waals surface area contributed by atoms with Gasteiger partial charge in [0, 0.05) is 20.2 Å². The van der Waals surface area contributed by atoms with Gasteiger partial charge in [0.1, 0.15) is 18.0 Å². The van der Waals surface area contributed by atoms with Crippen molar-refractivity contribution in [3.8, 4) is 11.5 Å². The Hall–Kier alpha value is -2.74. The molecule has 0 aliphatic rings. The molecule has 0 saturated heterocycles. The van der Waals surface area contributed by atoms with Gasteiger partial charge in [-0.1, -0.05) is 18.2 Å². The van der Waals surface area contributed by atoms with Gasteiger partial charge >= 0.3 is 0 Å². The molecule has 140 valence electrons. The van der Waals surface area contributed by atoms with Crippen LogP contribution in [-0.4, -0.2) is 54.1 Å². The lowest BCUT2D eigenvalue weighted by Crippen LogP contribution is -2.40. The molecule has 0 unspecified atom stereocenters. The summed E-state index contributed by atoms with van der Waals surface area (Å²) in [5.41, 5.74) is 0.228. The molecule has 2 aromatic rings. The molecule has 0 atom stereocenters. The first kappa shape index (κ1) is 19.6. The van der Waals surface area contributed by atoms with E-state index in [4.69, 9.17) is 9.47 Å².